The van der Waals surface area contributed by atoms with Gasteiger partial charge in [-0.3, -0.25) is 4.79 Å². The summed E-state index contributed by atoms with van der Waals surface area (Å²) in [7, 11) is -2.07. The first-order valence-corrected chi connectivity index (χ1v) is 9.43. The number of carbonyl (C=O) groups is 1. The van der Waals surface area contributed by atoms with Crippen LogP contribution in [0.15, 0.2) is 60.7 Å². The maximum absolute atomic E-state index is 13.1. The average Bonchev–Trinajstić information content (AvgIpc) is 2.58. The van der Waals surface area contributed by atoms with Crippen LogP contribution in [0.3, 0.4) is 0 Å². The zero-order valence-electron chi connectivity index (χ0n) is 13.2. The van der Waals surface area contributed by atoms with Crippen LogP contribution in [-0.2, 0) is 4.57 Å². The molecule has 0 N–H and O–H groups in total. The highest BCUT2D eigenvalue weighted by Gasteiger charge is 2.29. The van der Waals surface area contributed by atoms with Gasteiger partial charge < -0.3 is 4.57 Å². The molecule has 3 heteroatoms. The van der Waals surface area contributed by atoms with Gasteiger partial charge in [0, 0.05) is 11.2 Å². The molecule has 0 fully saturated rings. The van der Waals surface area contributed by atoms with E-state index in [1.165, 1.54) is 0 Å². The number of hydrogen-bond donors (Lipinski definition) is 0. The molecule has 22 heavy (non-hydrogen) atoms. The summed E-state index contributed by atoms with van der Waals surface area (Å²) in [5, 5.41) is 0. The van der Waals surface area contributed by atoms with E-state index in [0.717, 1.165) is 12.0 Å². The predicted octanol–water partition coefficient (Wildman–Crippen LogP) is 5.36. The lowest BCUT2D eigenvalue weighted by molar-refractivity contribution is 0.0985. The number of Topliss-reactive ketones (excluding diaryl/α,β-unsaturated/α-hetero) is 1. The van der Waals surface area contributed by atoms with Gasteiger partial charge >= 0.3 is 0 Å². The van der Waals surface area contributed by atoms with Crippen LogP contribution in [0.25, 0.3) is 0 Å². The maximum Gasteiger partial charge on any atom is 0.173 e. The van der Waals surface area contributed by atoms with E-state index in [4.69, 9.17) is 0 Å². The molecular weight excluding hydrogens is 291 g/mol. The van der Waals surface area contributed by atoms with Crippen molar-refractivity contribution in [2.75, 3.05) is 0 Å². The van der Waals surface area contributed by atoms with Crippen LogP contribution in [0.2, 0.25) is 0 Å². The van der Waals surface area contributed by atoms with Crippen molar-refractivity contribution in [2.24, 2.45) is 0 Å². The monoisotopic (exact) mass is 314 g/mol. The molecule has 0 heterocycles. The van der Waals surface area contributed by atoms with Crippen LogP contribution < -0.4 is 0 Å². The second-order valence-corrected chi connectivity index (χ2v) is 7.66. The summed E-state index contributed by atoms with van der Waals surface area (Å²) in [5.41, 5.74) is 1.34. The fourth-order valence-electron chi connectivity index (χ4n) is 2.85. The van der Waals surface area contributed by atoms with Crippen molar-refractivity contribution in [3.63, 3.8) is 0 Å². The Balaban J connectivity index is 2.26. The molecule has 0 aromatic heterocycles. The molecule has 0 aliphatic heterocycles. The van der Waals surface area contributed by atoms with Gasteiger partial charge in [-0.05, 0) is 18.4 Å². The van der Waals surface area contributed by atoms with Gasteiger partial charge in [0.1, 0.15) is 0 Å². The molecule has 0 radical (unpaired) electrons. The van der Waals surface area contributed by atoms with Gasteiger partial charge in [0.05, 0.1) is 13.5 Å². The Labute approximate surface area is 133 Å². The van der Waals surface area contributed by atoms with Crippen molar-refractivity contribution in [2.45, 2.75) is 38.0 Å². The second-order valence-electron chi connectivity index (χ2n) is 5.46. The normalized spacial score (nSPS) is 15.0. The first kappa shape index (κ1) is 16.7. The number of rotatable bonds is 7. The number of ketones is 1. The van der Waals surface area contributed by atoms with Crippen molar-refractivity contribution in [1.82, 2.24) is 0 Å². The van der Waals surface area contributed by atoms with Gasteiger partial charge in [-0.25, -0.2) is 0 Å². The largest absolute Gasteiger partial charge is 0.325 e. The lowest BCUT2D eigenvalue weighted by atomic mass is 10.1. The standard InChI is InChI=1S/C19H23O2P/c1-3-17(15-11-7-5-8-12-15)22(21)18(4-2)19(20)16-13-9-6-10-14-16/h5-14,17-18,22H,3-4H2,1-2H3. The first-order chi connectivity index (χ1) is 10.7. The fourth-order valence-corrected chi connectivity index (χ4v) is 5.09. The van der Waals surface area contributed by atoms with Crippen LogP contribution in [-0.4, -0.2) is 11.4 Å². The van der Waals surface area contributed by atoms with Gasteiger partial charge in [-0.15, -0.1) is 0 Å². The molecule has 116 valence electrons. The molecule has 0 aliphatic carbocycles. The summed E-state index contributed by atoms with van der Waals surface area (Å²) in [6, 6.07) is 19.1. The zero-order valence-corrected chi connectivity index (χ0v) is 14.2. The Morgan fingerprint density at radius 3 is 1.95 bits per heavy atom. The summed E-state index contributed by atoms with van der Waals surface area (Å²) in [6.45, 7) is 3.99. The third-order valence-corrected chi connectivity index (χ3v) is 6.87. The molecule has 3 atom stereocenters. The van der Waals surface area contributed by atoms with Gasteiger partial charge in [-0.2, -0.15) is 0 Å². The molecule has 0 saturated heterocycles. The smallest absolute Gasteiger partial charge is 0.173 e. The highest BCUT2D eigenvalue weighted by Crippen LogP contribution is 2.49. The van der Waals surface area contributed by atoms with Gasteiger partial charge in [0.25, 0.3) is 0 Å². The lowest BCUT2D eigenvalue weighted by Gasteiger charge is -2.21. The minimum Gasteiger partial charge on any atom is -0.325 e. The summed E-state index contributed by atoms with van der Waals surface area (Å²) in [6.07, 6.45) is 1.41. The van der Waals surface area contributed by atoms with Gasteiger partial charge in [-0.1, -0.05) is 74.5 Å². The van der Waals surface area contributed by atoms with Gasteiger partial charge in [0.15, 0.2) is 5.78 Å². The third kappa shape index (κ3) is 3.75. The van der Waals surface area contributed by atoms with E-state index in [9.17, 15) is 9.36 Å². The van der Waals surface area contributed by atoms with E-state index < -0.39 is 7.80 Å². The highest BCUT2D eigenvalue weighted by molar-refractivity contribution is 7.47. The zero-order chi connectivity index (χ0) is 15.9. The molecule has 2 rings (SSSR count). The highest BCUT2D eigenvalue weighted by atomic mass is 31.1. The summed E-state index contributed by atoms with van der Waals surface area (Å²) in [5.74, 6) is 0.0152. The minimum atomic E-state index is -2.07. The van der Waals surface area contributed by atoms with Crippen molar-refractivity contribution in [3.8, 4) is 0 Å². The topological polar surface area (TPSA) is 34.1 Å². The molecule has 3 unspecified atom stereocenters. The van der Waals surface area contributed by atoms with Crippen molar-refractivity contribution in [3.05, 3.63) is 71.8 Å². The van der Waals surface area contributed by atoms with E-state index >= 15 is 0 Å². The maximum atomic E-state index is 13.1. The predicted molar refractivity (Wildman–Crippen MR) is 93.3 cm³/mol. The van der Waals surface area contributed by atoms with E-state index in [1.807, 2.05) is 74.5 Å². The van der Waals surface area contributed by atoms with Crippen LogP contribution in [0, 0.1) is 0 Å². The van der Waals surface area contributed by atoms with Crippen molar-refractivity contribution in [1.29, 1.82) is 0 Å². The van der Waals surface area contributed by atoms with E-state index in [-0.39, 0.29) is 17.1 Å². The van der Waals surface area contributed by atoms with E-state index in [1.54, 1.807) is 0 Å². The third-order valence-electron chi connectivity index (χ3n) is 4.08. The molecule has 0 aliphatic rings. The lowest BCUT2D eigenvalue weighted by Crippen LogP contribution is -2.18. The van der Waals surface area contributed by atoms with Crippen LogP contribution in [0.5, 0.6) is 0 Å². The molecule has 0 saturated carbocycles. The van der Waals surface area contributed by atoms with Crippen molar-refractivity contribution >= 4 is 13.6 Å². The van der Waals surface area contributed by atoms with Crippen LogP contribution >= 0.6 is 7.80 Å². The SMILES string of the molecule is CCC(C(=O)c1ccccc1)[PH](=O)C(CC)c1ccccc1. The molecule has 2 aromatic carbocycles. The van der Waals surface area contributed by atoms with Crippen LogP contribution in [0.1, 0.15) is 48.3 Å². The first-order valence-electron chi connectivity index (χ1n) is 7.87. The number of carbonyl (C=O) groups excluding carboxylic acids is 1. The Morgan fingerprint density at radius 2 is 1.45 bits per heavy atom. The molecule has 2 nitrogen and oxygen atoms in total. The van der Waals surface area contributed by atoms with E-state index in [0.29, 0.717) is 12.0 Å². The molecule has 0 bridgehead atoms. The summed E-state index contributed by atoms with van der Waals surface area (Å²) in [4.78, 5) is 12.7. The summed E-state index contributed by atoms with van der Waals surface area (Å²) >= 11 is 0. The van der Waals surface area contributed by atoms with Gasteiger partial charge in [0.2, 0.25) is 0 Å². The summed E-state index contributed by atoms with van der Waals surface area (Å²) < 4.78 is 13.1. The second kappa shape index (κ2) is 8.10. The number of hydrogen-bond acceptors (Lipinski definition) is 2. The number of benzene rings is 2. The average molecular weight is 314 g/mol. The minimum absolute atomic E-state index is 0.0152. The Bertz CT molecular complexity index is 622. The van der Waals surface area contributed by atoms with E-state index in [2.05, 4.69) is 0 Å². The molecular formula is C19H23O2P. The Hall–Kier alpha value is -1.66. The Morgan fingerprint density at radius 1 is 0.909 bits per heavy atom. The Kier molecular flexibility index (Phi) is 6.15. The molecule has 2 aromatic rings. The molecule has 0 spiro atoms. The molecule has 0 amide bonds. The quantitative estimate of drug-likeness (QED) is 0.509. The van der Waals surface area contributed by atoms with Crippen LogP contribution in [0.4, 0.5) is 0 Å². The van der Waals surface area contributed by atoms with Crippen molar-refractivity contribution < 1.29 is 9.36 Å². The fraction of sp³-hybridized carbons (Fsp3) is 0.316.